The van der Waals surface area contributed by atoms with Crippen LogP contribution in [0.5, 0.6) is 0 Å². The topological polar surface area (TPSA) is 68.4 Å². The molecule has 0 unspecified atom stereocenters. The molecule has 0 aliphatic carbocycles. The van der Waals surface area contributed by atoms with Crippen LogP contribution in [0.3, 0.4) is 0 Å². The fourth-order valence-corrected chi connectivity index (χ4v) is 3.47. The third-order valence-corrected chi connectivity index (χ3v) is 4.58. The van der Waals surface area contributed by atoms with Crippen LogP contribution in [0.1, 0.15) is 0 Å². The monoisotopic (exact) mass is 351 g/mol. The highest BCUT2D eigenvalue weighted by Crippen LogP contribution is 2.29. The Morgan fingerprint density at radius 3 is 2.82 bits per heavy atom. The Kier molecular flexibility index (Phi) is 3.87. The van der Waals surface area contributed by atoms with Gasteiger partial charge < -0.3 is 0 Å². The predicted molar refractivity (Wildman–Crippen MR) is 71.0 cm³/mol. The van der Waals surface area contributed by atoms with Crippen molar-refractivity contribution in [2.75, 3.05) is 0 Å². The fourth-order valence-electron chi connectivity index (χ4n) is 1.03. The van der Waals surface area contributed by atoms with Gasteiger partial charge in [-0.05, 0) is 32.3 Å². The fraction of sp³-hybridized carbons (Fsp3) is 0. The van der Waals surface area contributed by atoms with Crippen molar-refractivity contribution < 1.29 is 4.92 Å². The molecule has 9 heteroatoms. The van der Waals surface area contributed by atoms with Crippen molar-refractivity contribution in [2.24, 2.45) is 4.99 Å². The van der Waals surface area contributed by atoms with Gasteiger partial charge in [-0.1, -0.05) is 11.6 Å². The molecular formula is C8H3BrClN3O2S2. The van der Waals surface area contributed by atoms with E-state index in [9.17, 15) is 10.1 Å². The second-order valence-electron chi connectivity index (χ2n) is 2.85. The first-order chi connectivity index (χ1) is 8.08. The van der Waals surface area contributed by atoms with Gasteiger partial charge in [0.2, 0.25) is 0 Å². The number of aromatic nitrogens is 1. The molecule has 2 rings (SSSR count). The Labute approximate surface area is 116 Å². The highest BCUT2D eigenvalue weighted by atomic mass is 79.9. The minimum atomic E-state index is -0.462. The van der Waals surface area contributed by atoms with Crippen LogP contribution < -0.4 is 4.67 Å². The highest BCUT2D eigenvalue weighted by Gasteiger charge is 2.08. The molecule has 88 valence electrons. The molecule has 0 aliphatic rings. The van der Waals surface area contributed by atoms with Crippen LogP contribution in [-0.4, -0.2) is 9.30 Å². The Hall–Kier alpha value is -0.830. The quantitative estimate of drug-likeness (QED) is 0.469. The molecule has 0 saturated heterocycles. The molecule has 17 heavy (non-hydrogen) atoms. The van der Waals surface area contributed by atoms with Crippen LogP contribution in [0.25, 0.3) is 0 Å². The molecule has 1 heterocycles. The van der Waals surface area contributed by atoms with E-state index in [0.717, 1.165) is 0 Å². The van der Waals surface area contributed by atoms with Crippen LogP contribution in [0.15, 0.2) is 27.7 Å². The molecule has 1 aromatic carbocycles. The Morgan fingerprint density at radius 1 is 1.53 bits per heavy atom. The molecule has 0 fully saturated rings. The summed E-state index contributed by atoms with van der Waals surface area (Å²) in [5.41, 5.74) is 0.586. The highest BCUT2D eigenvalue weighted by molar-refractivity contribution is 9.10. The summed E-state index contributed by atoms with van der Waals surface area (Å²) in [7, 11) is 2.58. The third-order valence-electron chi connectivity index (χ3n) is 1.77. The van der Waals surface area contributed by atoms with Gasteiger partial charge in [0, 0.05) is 22.7 Å². The average Bonchev–Trinajstić information content (AvgIpc) is 2.67. The minimum absolute atomic E-state index is 0.00837. The van der Waals surface area contributed by atoms with Gasteiger partial charge in [-0.25, -0.2) is 4.99 Å². The maximum Gasteiger partial charge on any atom is 0.270 e. The lowest BCUT2D eigenvalue weighted by Gasteiger charge is -1.97. The van der Waals surface area contributed by atoms with E-state index in [4.69, 9.17) is 11.6 Å². The number of benzene rings is 1. The van der Waals surface area contributed by atoms with Gasteiger partial charge in [0.05, 0.1) is 15.1 Å². The zero-order chi connectivity index (χ0) is 12.4. The number of nitrogens with zero attached hydrogens (tertiary/aromatic N) is 3. The molecule has 0 N–H and O–H groups in total. The van der Waals surface area contributed by atoms with Crippen LogP contribution in [0.2, 0.25) is 5.15 Å². The first-order valence-corrected chi connectivity index (χ1v) is 7.46. The lowest BCUT2D eigenvalue weighted by Crippen LogP contribution is -1.93. The van der Waals surface area contributed by atoms with Gasteiger partial charge in [0.15, 0.2) is 9.82 Å². The molecular weight excluding hydrogens is 350 g/mol. The van der Waals surface area contributed by atoms with E-state index in [0.29, 0.717) is 20.0 Å². The van der Waals surface area contributed by atoms with Crippen LogP contribution >= 0.6 is 48.4 Å². The summed E-state index contributed by atoms with van der Waals surface area (Å²) in [5.74, 6) is 0. The molecule has 0 atom stereocenters. The van der Waals surface area contributed by atoms with Gasteiger partial charge >= 0.3 is 0 Å². The number of non-ortho nitro benzene ring substituents is 1. The minimum Gasteiger partial charge on any atom is -0.258 e. The van der Waals surface area contributed by atoms with Crippen LogP contribution in [-0.2, 0) is 0 Å². The van der Waals surface area contributed by atoms with Crippen molar-refractivity contribution in [2.45, 2.75) is 0 Å². The first-order valence-electron chi connectivity index (χ1n) is 4.18. The van der Waals surface area contributed by atoms with Gasteiger partial charge in [-0.3, -0.25) is 10.1 Å². The van der Waals surface area contributed by atoms with Crippen molar-refractivity contribution in [3.05, 3.63) is 42.6 Å². The lowest BCUT2D eigenvalue weighted by atomic mass is 10.3. The zero-order valence-electron chi connectivity index (χ0n) is 7.96. The summed E-state index contributed by atoms with van der Waals surface area (Å²) in [5, 5.41) is 10.9. The first kappa shape index (κ1) is 12.6. The number of halogens is 2. The lowest BCUT2D eigenvalue weighted by molar-refractivity contribution is -0.384. The molecule has 0 aliphatic heterocycles. The molecule has 5 nitrogen and oxygen atoms in total. The Balaban J connectivity index is 2.49. The maximum absolute atomic E-state index is 10.6. The zero-order valence-corrected chi connectivity index (χ0v) is 11.9. The molecule has 0 amide bonds. The summed E-state index contributed by atoms with van der Waals surface area (Å²) in [6, 6.07) is 4.35. The van der Waals surface area contributed by atoms with E-state index >= 15 is 0 Å². The molecule has 0 spiro atoms. The summed E-state index contributed by atoms with van der Waals surface area (Å²) >= 11 is 9.05. The van der Waals surface area contributed by atoms with E-state index in [1.807, 2.05) is 0 Å². The van der Waals surface area contributed by atoms with Crippen molar-refractivity contribution in [3.8, 4) is 0 Å². The van der Waals surface area contributed by atoms with Gasteiger partial charge in [-0.15, -0.1) is 0 Å². The van der Waals surface area contributed by atoms with Crippen molar-refractivity contribution >= 4 is 59.8 Å². The molecule has 0 radical (unpaired) electrons. The average molecular weight is 353 g/mol. The molecule has 0 bridgehead atoms. The SMILES string of the molecule is O=[N+]([O-])c1ccc(/N=c2/ssnc2Cl)c(Br)c1. The van der Waals surface area contributed by atoms with E-state index in [-0.39, 0.29) is 5.69 Å². The number of nitro groups is 1. The molecule has 1 aromatic heterocycles. The second-order valence-corrected chi connectivity index (χ2v) is 5.89. The van der Waals surface area contributed by atoms with E-state index in [2.05, 4.69) is 25.3 Å². The maximum atomic E-state index is 10.6. The Bertz CT molecular complexity index is 640. The van der Waals surface area contributed by atoms with E-state index in [1.165, 1.54) is 33.0 Å². The summed E-state index contributed by atoms with van der Waals surface area (Å²) in [6.07, 6.45) is 0. The third kappa shape index (κ3) is 2.89. The van der Waals surface area contributed by atoms with Crippen molar-refractivity contribution in [3.63, 3.8) is 0 Å². The normalized spacial score (nSPS) is 11.8. The number of rotatable bonds is 2. The predicted octanol–water partition coefficient (Wildman–Crippen LogP) is 3.76. The Morgan fingerprint density at radius 2 is 2.29 bits per heavy atom. The summed E-state index contributed by atoms with van der Waals surface area (Å²) in [4.78, 5) is 14.4. The second kappa shape index (κ2) is 5.21. The number of nitro benzene ring substituents is 1. The summed E-state index contributed by atoms with van der Waals surface area (Å²) in [6.45, 7) is 0. The van der Waals surface area contributed by atoms with Crippen molar-refractivity contribution in [1.29, 1.82) is 0 Å². The summed E-state index contributed by atoms with van der Waals surface area (Å²) < 4.78 is 5.03. The largest absolute Gasteiger partial charge is 0.270 e. The van der Waals surface area contributed by atoms with Gasteiger partial charge in [-0.2, -0.15) is 4.37 Å². The van der Waals surface area contributed by atoms with Crippen LogP contribution in [0, 0.1) is 10.1 Å². The van der Waals surface area contributed by atoms with E-state index in [1.54, 1.807) is 6.07 Å². The number of hydrogen-bond donors (Lipinski definition) is 0. The van der Waals surface area contributed by atoms with Gasteiger partial charge in [0.25, 0.3) is 5.69 Å². The van der Waals surface area contributed by atoms with E-state index < -0.39 is 4.92 Å². The van der Waals surface area contributed by atoms with Crippen molar-refractivity contribution in [1.82, 2.24) is 4.37 Å². The van der Waals surface area contributed by atoms with Gasteiger partial charge in [0.1, 0.15) is 0 Å². The molecule has 2 aromatic rings. The molecule has 0 saturated carbocycles. The number of hydrogen-bond acceptors (Lipinski definition) is 6. The standard InChI is InChI=1S/C8H3BrClN3O2S2/c9-5-3-4(13(14)15)1-2-6(5)11-8-7(10)12-17-16-8/h1-3H/b11-8+. The smallest absolute Gasteiger partial charge is 0.258 e. The van der Waals surface area contributed by atoms with Crippen LogP contribution in [0.4, 0.5) is 11.4 Å².